The van der Waals surface area contributed by atoms with Gasteiger partial charge in [0.25, 0.3) is 0 Å². The van der Waals surface area contributed by atoms with Gasteiger partial charge in [0.2, 0.25) is 0 Å². The Labute approximate surface area is 261 Å². The topological polar surface area (TPSA) is 173 Å². The third-order valence-corrected chi connectivity index (χ3v) is 7.84. The summed E-state index contributed by atoms with van der Waals surface area (Å²) in [5, 5.41) is 13.4. The van der Waals surface area contributed by atoms with E-state index in [2.05, 4.69) is 27.2 Å². The van der Waals surface area contributed by atoms with Crippen LogP contribution in [0.1, 0.15) is 56.2 Å². The molecule has 0 amide bonds. The zero-order valence-electron chi connectivity index (χ0n) is 25.0. The molecule has 0 radical (unpaired) electrons. The minimum Gasteiger partial charge on any atom is -0.395 e. The molecular weight excluding hydrogens is 583 g/mol. The second kappa shape index (κ2) is 15.9. The third kappa shape index (κ3) is 8.52. The predicted molar refractivity (Wildman–Crippen MR) is 176 cm³/mol. The van der Waals surface area contributed by atoms with Gasteiger partial charge in [0, 0.05) is 35.8 Å². The number of hydrogen-bond acceptors (Lipinski definition) is 7. The fourth-order valence-corrected chi connectivity index (χ4v) is 5.40. The Morgan fingerprint density at radius 1 is 1.20 bits per heavy atom. The second-order valence-corrected chi connectivity index (χ2v) is 11.4. The van der Waals surface area contributed by atoms with Gasteiger partial charge in [-0.15, -0.1) is 0 Å². The number of aromatic nitrogens is 3. The molecular formula is C32H42ClFN8O2. The van der Waals surface area contributed by atoms with Crippen LogP contribution in [0.3, 0.4) is 0 Å². The molecule has 0 aliphatic heterocycles. The molecule has 9 N–H and O–H groups in total. The zero-order valence-corrected chi connectivity index (χ0v) is 25.8. The van der Waals surface area contributed by atoms with Crippen LogP contribution in [-0.4, -0.2) is 57.8 Å². The van der Waals surface area contributed by atoms with Crippen LogP contribution >= 0.6 is 11.6 Å². The number of halogens is 2. The highest BCUT2D eigenvalue weighted by atomic mass is 35.5. The van der Waals surface area contributed by atoms with Crippen LogP contribution in [-0.2, 0) is 6.42 Å². The standard InChI is InChI=1S/C32H42ClFN8O2/c1-2-5-27(38-12-4-13-39-29(37)17-35)21-8-10-24(11-9-21)42-18-22-16-28(40-31(22)41-32(42)44)25-14-20(15-26(33)30(25)34)6-3-7-23(36)19-43/h8-11,14-16,18,23,27,38,43H,2-7,12-13,17,19,35-36H2,1H3,(H2,37,39)(H,40,41,44). The van der Waals surface area contributed by atoms with Gasteiger partial charge in [0.1, 0.15) is 11.5 Å². The Bertz CT molecular complexity index is 1620. The number of benzene rings is 2. The predicted octanol–water partition coefficient (Wildman–Crippen LogP) is 3.95. The first-order valence-corrected chi connectivity index (χ1v) is 15.4. The lowest BCUT2D eigenvalue weighted by Crippen LogP contribution is -2.25. The molecule has 2 unspecified atom stereocenters. The van der Waals surface area contributed by atoms with Gasteiger partial charge in [-0.05, 0) is 80.1 Å². The van der Waals surface area contributed by atoms with Crippen LogP contribution in [0.2, 0.25) is 5.02 Å². The lowest BCUT2D eigenvalue weighted by molar-refractivity contribution is 0.258. The fourth-order valence-electron chi connectivity index (χ4n) is 5.15. The maximum atomic E-state index is 15.1. The summed E-state index contributed by atoms with van der Waals surface area (Å²) in [6, 6.07) is 12.8. The number of aromatic amines is 1. The van der Waals surface area contributed by atoms with Gasteiger partial charge in [0.05, 0.1) is 29.6 Å². The monoisotopic (exact) mass is 624 g/mol. The number of aryl methyl sites for hydroxylation is 1. The number of nitrogens with one attached hydrogen (secondary N) is 2. The number of aliphatic hydroxyl groups excluding tert-OH is 1. The van der Waals surface area contributed by atoms with E-state index in [0.717, 1.165) is 43.4 Å². The minimum atomic E-state index is -0.553. The molecule has 0 saturated carbocycles. The number of aliphatic hydroxyl groups is 1. The number of hydrogen-bond donors (Lipinski definition) is 6. The maximum Gasteiger partial charge on any atom is 0.354 e. The molecule has 0 aliphatic carbocycles. The molecule has 10 nitrogen and oxygen atoms in total. The first kappa shape index (κ1) is 33.3. The van der Waals surface area contributed by atoms with E-state index in [9.17, 15) is 4.79 Å². The summed E-state index contributed by atoms with van der Waals surface area (Å²) in [4.78, 5) is 24.6. The fraction of sp³-hybridized carbons (Fsp3) is 0.406. The van der Waals surface area contributed by atoms with Crippen LogP contribution in [0.4, 0.5) is 4.39 Å². The molecule has 0 saturated heterocycles. The molecule has 2 atom stereocenters. The Morgan fingerprint density at radius 2 is 1.98 bits per heavy atom. The van der Waals surface area contributed by atoms with Gasteiger partial charge >= 0.3 is 5.69 Å². The van der Waals surface area contributed by atoms with Crippen molar-refractivity contribution in [2.75, 3.05) is 26.2 Å². The number of nitrogens with two attached hydrogens (primary N) is 3. The largest absolute Gasteiger partial charge is 0.395 e. The quantitative estimate of drug-likeness (QED) is 0.0622. The van der Waals surface area contributed by atoms with Gasteiger partial charge < -0.3 is 32.6 Å². The lowest BCUT2D eigenvalue weighted by atomic mass is 10.0. The van der Waals surface area contributed by atoms with Gasteiger partial charge in [-0.1, -0.05) is 37.1 Å². The van der Waals surface area contributed by atoms with Crippen LogP contribution < -0.4 is 28.2 Å². The molecule has 0 spiro atoms. The Kier molecular flexibility index (Phi) is 12.0. The molecule has 2 heterocycles. The van der Waals surface area contributed by atoms with E-state index in [0.29, 0.717) is 53.2 Å². The van der Waals surface area contributed by atoms with Crippen molar-refractivity contribution in [1.82, 2.24) is 19.9 Å². The highest BCUT2D eigenvalue weighted by molar-refractivity contribution is 6.31. The van der Waals surface area contributed by atoms with E-state index < -0.39 is 11.5 Å². The van der Waals surface area contributed by atoms with Crippen LogP contribution in [0.25, 0.3) is 28.0 Å². The number of nitrogens with zero attached hydrogens (tertiary/aromatic N) is 3. The SMILES string of the molecule is CCCC(NCCCN=C(N)CN)c1ccc(-n2cc3cc(-c4cc(CCCC(N)CO)cc(Cl)c4F)[nH]c3nc2=O)cc1. The summed E-state index contributed by atoms with van der Waals surface area (Å²) in [7, 11) is 0. The summed E-state index contributed by atoms with van der Waals surface area (Å²) in [5.74, 6) is -0.0926. The van der Waals surface area contributed by atoms with Crippen molar-refractivity contribution in [3.05, 3.63) is 81.1 Å². The summed E-state index contributed by atoms with van der Waals surface area (Å²) in [5.41, 5.74) is 20.3. The van der Waals surface area contributed by atoms with Crippen molar-refractivity contribution in [1.29, 1.82) is 0 Å². The van der Waals surface area contributed by atoms with Crippen molar-refractivity contribution < 1.29 is 9.50 Å². The molecule has 4 aromatic rings. The molecule has 2 aromatic carbocycles. The minimum absolute atomic E-state index is 0.0101. The number of H-pyrrole nitrogens is 1. The van der Waals surface area contributed by atoms with Gasteiger partial charge in [0.15, 0.2) is 5.82 Å². The first-order valence-electron chi connectivity index (χ1n) is 15.0. The van der Waals surface area contributed by atoms with Crippen molar-refractivity contribution >= 4 is 28.5 Å². The molecule has 2 aromatic heterocycles. The van der Waals surface area contributed by atoms with Crippen molar-refractivity contribution in [2.45, 2.75) is 57.5 Å². The van der Waals surface area contributed by atoms with Gasteiger partial charge in [-0.3, -0.25) is 9.56 Å². The van der Waals surface area contributed by atoms with Crippen LogP contribution in [0.5, 0.6) is 0 Å². The average Bonchev–Trinajstić information content (AvgIpc) is 3.43. The number of aliphatic imine (C=N–C) groups is 1. The van der Waals surface area contributed by atoms with E-state index in [1.54, 1.807) is 24.4 Å². The van der Waals surface area contributed by atoms with Crippen molar-refractivity contribution in [3.63, 3.8) is 0 Å². The van der Waals surface area contributed by atoms with Crippen LogP contribution in [0, 0.1) is 5.82 Å². The average molecular weight is 625 g/mol. The lowest BCUT2D eigenvalue weighted by Gasteiger charge is -2.19. The van der Waals surface area contributed by atoms with E-state index in [-0.39, 0.29) is 30.3 Å². The Morgan fingerprint density at radius 3 is 2.68 bits per heavy atom. The van der Waals surface area contributed by atoms with E-state index in [1.165, 1.54) is 4.57 Å². The number of amidine groups is 1. The van der Waals surface area contributed by atoms with Crippen molar-refractivity contribution in [2.24, 2.45) is 22.2 Å². The highest BCUT2D eigenvalue weighted by Gasteiger charge is 2.16. The van der Waals surface area contributed by atoms with E-state index in [1.807, 2.05) is 24.3 Å². The van der Waals surface area contributed by atoms with Crippen LogP contribution in [0.15, 0.2) is 58.4 Å². The van der Waals surface area contributed by atoms with Gasteiger partial charge in [-0.25, -0.2) is 9.18 Å². The first-order chi connectivity index (χ1) is 21.2. The second-order valence-electron chi connectivity index (χ2n) is 11.0. The van der Waals surface area contributed by atoms with Gasteiger partial charge in [-0.2, -0.15) is 4.98 Å². The number of fused-ring (bicyclic) bond motifs is 1. The molecule has 0 fully saturated rings. The van der Waals surface area contributed by atoms with E-state index >= 15 is 4.39 Å². The summed E-state index contributed by atoms with van der Waals surface area (Å²) < 4.78 is 16.6. The number of rotatable bonds is 16. The summed E-state index contributed by atoms with van der Waals surface area (Å²) in [6.45, 7) is 3.74. The smallest absolute Gasteiger partial charge is 0.354 e. The molecule has 12 heteroatoms. The van der Waals surface area contributed by atoms with Crippen molar-refractivity contribution in [3.8, 4) is 16.9 Å². The van der Waals surface area contributed by atoms with E-state index in [4.69, 9.17) is 33.9 Å². The highest BCUT2D eigenvalue weighted by Crippen LogP contribution is 2.31. The molecule has 236 valence electrons. The molecule has 44 heavy (non-hydrogen) atoms. The normalized spacial score (nSPS) is 13.5. The summed E-state index contributed by atoms with van der Waals surface area (Å²) in [6.07, 6.45) is 6.53. The maximum absolute atomic E-state index is 15.1. The Balaban J connectivity index is 1.53. The summed E-state index contributed by atoms with van der Waals surface area (Å²) >= 11 is 6.24. The molecule has 0 aliphatic rings. The molecule has 0 bridgehead atoms. The Hall–Kier alpha value is -3.61. The zero-order chi connectivity index (χ0) is 31.6. The third-order valence-electron chi connectivity index (χ3n) is 7.56. The molecule has 4 rings (SSSR count).